The second-order valence-electron chi connectivity index (χ2n) is 6.83. The summed E-state index contributed by atoms with van der Waals surface area (Å²) in [5.74, 6) is 1.36. The van der Waals surface area contributed by atoms with Gasteiger partial charge in [-0.05, 0) is 17.9 Å². The van der Waals surface area contributed by atoms with Gasteiger partial charge in [0, 0.05) is 39.9 Å². The summed E-state index contributed by atoms with van der Waals surface area (Å²) in [5, 5.41) is 3.82. The molecule has 2 amide bonds. The smallest absolute Gasteiger partial charge is 0.241 e. The SMILES string of the molecule is Cc1nc(CCN(C)C(=O)CN2C[C@H](Cc3ccccc3)CC2=O)no1. The Hall–Kier alpha value is -2.70. The van der Waals surface area contributed by atoms with E-state index in [1.807, 2.05) is 18.2 Å². The van der Waals surface area contributed by atoms with Crippen LogP contribution < -0.4 is 0 Å². The van der Waals surface area contributed by atoms with Crippen LogP contribution in [0.25, 0.3) is 0 Å². The Morgan fingerprint density at radius 3 is 2.81 bits per heavy atom. The normalized spacial score (nSPS) is 16.9. The first-order valence-electron chi connectivity index (χ1n) is 8.86. The van der Waals surface area contributed by atoms with Gasteiger partial charge < -0.3 is 14.3 Å². The van der Waals surface area contributed by atoms with Crippen molar-refractivity contribution in [3.63, 3.8) is 0 Å². The van der Waals surface area contributed by atoms with Gasteiger partial charge >= 0.3 is 0 Å². The van der Waals surface area contributed by atoms with Crippen molar-refractivity contribution in [3.8, 4) is 0 Å². The summed E-state index contributed by atoms with van der Waals surface area (Å²) in [4.78, 5) is 32.1. The fourth-order valence-electron chi connectivity index (χ4n) is 3.21. The number of aromatic nitrogens is 2. The number of hydrogen-bond acceptors (Lipinski definition) is 5. The molecule has 0 spiro atoms. The molecule has 0 saturated carbocycles. The summed E-state index contributed by atoms with van der Waals surface area (Å²) in [6.07, 6.45) is 1.91. The summed E-state index contributed by atoms with van der Waals surface area (Å²) >= 11 is 0. The Morgan fingerprint density at radius 1 is 1.35 bits per heavy atom. The molecule has 0 aliphatic carbocycles. The second kappa shape index (κ2) is 8.12. The summed E-state index contributed by atoms with van der Waals surface area (Å²) < 4.78 is 4.92. The minimum Gasteiger partial charge on any atom is -0.344 e. The number of likely N-dealkylation sites (tertiary alicyclic amines) is 1. The average molecular weight is 356 g/mol. The van der Waals surface area contributed by atoms with Gasteiger partial charge in [0.1, 0.15) is 0 Å². The zero-order valence-electron chi connectivity index (χ0n) is 15.2. The standard InChI is InChI=1S/C19H24N4O3/c1-14-20-17(21-26-14)8-9-22(2)19(25)13-23-12-16(11-18(23)24)10-15-6-4-3-5-7-15/h3-7,16H,8-13H2,1-2H3/t16-/m1/s1. The van der Waals surface area contributed by atoms with Crippen molar-refractivity contribution in [3.05, 3.63) is 47.6 Å². The van der Waals surface area contributed by atoms with E-state index in [4.69, 9.17) is 4.52 Å². The topological polar surface area (TPSA) is 79.5 Å². The molecule has 1 aliphatic heterocycles. The van der Waals surface area contributed by atoms with E-state index in [0.29, 0.717) is 37.6 Å². The lowest BCUT2D eigenvalue weighted by molar-refractivity contribution is -0.137. The molecule has 1 aromatic carbocycles. The predicted molar refractivity (Wildman–Crippen MR) is 95.2 cm³/mol. The molecule has 2 heterocycles. The van der Waals surface area contributed by atoms with Crippen LogP contribution in [-0.2, 0) is 22.4 Å². The maximum absolute atomic E-state index is 12.4. The molecule has 1 aromatic heterocycles. The van der Waals surface area contributed by atoms with E-state index in [1.165, 1.54) is 5.56 Å². The molecule has 7 nitrogen and oxygen atoms in total. The molecule has 1 fully saturated rings. The molecule has 1 saturated heterocycles. The monoisotopic (exact) mass is 356 g/mol. The van der Waals surface area contributed by atoms with Crippen LogP contribution in [0, 0.1) is 12.8 Å². The van der Waals surface area contributed by atoms with Crippen molar-refractivity contribution in [2.24, 2.45) is 5.92 Å². The van der Waals surface area contributed by atoms with Crippen LogP contribution in [0.4, 0.5) is 0 Å². The Bertz CT molecular complexity index is 759. The number of carbonyl (C=O) groups is 2. The van der Waals surface area contributed by atoms with Gasteiger partial charge in [0.25, 0.3) is 0 Å². The third kappa shape index (κ3) is 4.68. The number of hydrogen-bond donors (Lipinski definition) is 0. The van der Waals surface area contributed by atoms with E-state index in [0.717, 1.165) is 6.42 Å². The second-order valence-corrected chi connectivity index (χ2v) is 6.83. The van der Waals surface area contributed by atoms with E-state index >= 15 is 0 Å². The molecule has 0 radical (unpaired) electrons. The molecular weight excluding hydrogens is 332 g/mol. The molecule has 26 heavy (non-hydrogen) atoms. The first-order valence-corrected chi connectivity index (χ1v) is 8.86. The Balaban J connectivity index is 1.46. The van der Waals surface area contributed by atoms with Crippen molar-refractivity contribution in [1.82, 2.24) is 19.9 Å². The minimum absolute atomic E-state index is 0.0569. The Morgan fingerprint density at radius 2 is 2.12 bits per heavy atom. The van der Waals surface area contributed by atoms with Crippen molar-refractivity contribution in [1.29, 1.82) is 0 Å². The van der Waals surface area contributed by atoms with Crippen molar-refractivity contribution in [2.45, 2.75) is 26.2 Å². The first kappa shape index (κ1) is 18.1. The largest absolute Gasteiger partial charge is 0.344 e. The molecule has 7 heteroatoms. The van der Waals surface area contributed by atoms with Crippen molar-refractivity contribution >= 4 is 11.8 Å². The highest BCUT2D eigenvalue weighted by Gasteiger charge is 2.31. The molecule has 0 unspecified atom stereocenters. The van der Waals surface area contributed by atoms with Crippen LogP contribution in [0.3, 0.4) is 0 Å². The van der Waals surface area contributed by atoms with E-state index in [-0.39, 0.29) is 24.3 Å². The lowest BCUT2D eigenvalue weighted by Crippen LogP contribution is -2.40. The summed E-state index contributed by atoms with van der Waals surface area (Å²) in [7, 11) is 1.73. The zero-order chi connectivity index (χ0) is 18.5. The molecular formula is C19H24N4O3. The van der Waals surface area contributed by atoms with Crippen LogP contribution in [0.1, 0.15) is 23.7 Å². The van der Waals surface area contributed by atoms with Crippen molar-refractivity contribution < 1.29 is 14.1 Å². The van der Waals surface area contributed by atoms with Crippen LogP contribution in [-0.4, -0.2) is 58.4 Å². The number of amides is 2. The first-order chi connectivity index (χ1) is 12.5. The molecule has 2 aromatic rings. The molecule has 138 valence electrons. The van der Waals surface area contributed by atoms with Crippen LogP contribution in [0.15, 0.2) is 34.9 Å². The number of rotatable bonds is 7. The van der Waals surface area contributed by atoms with Gasteiger partial charge in [-0.25, -0.2) is 0 Å². The maximum Gasteiger partial charge on any atom is 0.241 e. The van der Waals surface area contributed by atoms with Gasteiger partial charge in [-0.2, -0.15) is 4.98 Å². The molecule has 0 bridgehead atoms. The van der Waals surface area contributed by atoms with Crippen molar-refractivity contribution in [2.75, 3.05) is 26.7 Å². The van der Waals surface area contributed by atoms with Crippen LogP contribution in [0.5, 0.6) is 0 Å². The fraction of sp³-hybridized carbons (Fsp3) is 0.474. The van der Waals surface area contributed by atoms with Gasteiger partial charge in [-0.1, -0.05) is 35.5 Å². The van der Waals surface area contributed by atoms with Gasteiger partial charge in [-0.15, -0.1) is 0 Å². The van der Waals surface area contributed by atoms with Crippen LogP contribution in [0.2, 0.25) is 0 Å². The number of nitrogens with zero attached hydrogens (tertiary/aromatic N) is 4. The van der Waals surface area contributed by atoms with E-state index in [1.54, 1.807) is 23.8 Å². The van der Waals surface area contributed by atoms with E-state index in [9.17, 15) is 9.59 Å². The molecule has 1 aliphatic rings. The Labute approximate surface area is 153 Å². The summed E-state index contributed by atoms with van der Waals surface area (Å²) in [6.45, 7) is 2.99. The highest BCUT2D eigenvalue weighted by Crippen LogP contribution is 2.22. The number of benzene rings is 1. The van der Waals surface area contributed by atoms with E-state index < -0.39 is 0 Å². The maximum atomic E-state index is 12.4. The average Bonchev–Trinajstić information content (AvgIpc) is 3.19. The van der Waals surface area contributed by atoms with Gasteiger partial charge in [0.05, 0.1) is 6.54 Å². The number of carbonyl (C=O) groups excluding carboxylic acids is 2. The van der Waals surface area contributed by atoms with Crippen LogP contribution >= 0.6 is 0 Å². The van der Waals surface area contributed by atoms with Gasteiger partial charge in [0.2, 0.25) is 17.7 Å². The lowest BCUT2D eigenvalue weighted by Gasteiger charge is -2.21. The molecule has 1 atom stereocenters. The lowest BCUT2D eigenvalue weighted by atomic mass is 9.99. The zero-order valence-corrected chi connectivity index (χ0v) is 15.2. The Kier molecular flexibility index (Phi) is 5.65. The van der Waals surface area contributed by atoms with Gasteiger partial charge in [0.15, 0.2) is 5.82 Å². The summed E-state index contributed by atoms with van der Waals surface area (Å²) in [5.41, 5.74) is 1.23. The molecule has 0 N–H and O–H groups in total. The predicted octanol–water partition coefficient (Wildman–Crippen LogP) is 1.47. The highest BCUT2D eigenvalue weighted by atomic mass is 16.5. The highest BCUT2D eigenvalue weighted by molar-refractivity contribution is 5.86. The van der Waals surface area contributed by atoms with E-state index in [2.05, 4.69) is 22.3 Å². The summed E-state index contributed by atoms with van der Waals surface area (Å²) in [6, 6.07) is 10.2. The van der Waals surface area contributed by atoms with Gasteiger partial charge in [-0.3, -0.25) is 9.59 Å². The third-order valence-corrected chi connectivity index (χ3v) is 4.65. The molecule has 3 rings (SSSR count). The number of aryl methyl sites for hydroxylation is 1. The third-order valence-electron chi connectivity index (χ3n) is 4.65. The quantitative estimate of drug-likeness (QED) is 0.751. The number of likely N-dealkylation sites (N-methyl/N-ethyl adjacent to an activating group) is 1. The minimum atomic E-state index is -0.0704. The fourth-order valence-corrected chi connectivity index (χ4v) is 3.21.